The number of aryl methyl sites for hydroxylation is 2. The summed E-state index contributed by atoms with van der Waals surface area (Å²) in [4.78, 5) is 0. The van der Waals surface area contributed by atoms with Gasteiger partial charge >= 0.3 is 0 Å². The lowest BCUT2D eigenvalue weighted by atomic mass is 10.0. The van der Waals surface area contributed by atoms with Crippen LogP contribution < -0.4 is 0 Å². The fourth-order valence-electron chi connectivity index (χ4n) is 1.25. The Hall–Kier alpha value is -0.300. The second kappa shape index (κ2) is 2.98. The number of rotatable bonds is 0. The third-order valence-electron chi connectivity index (χ3n) is 2.26. The second-order valence-electron chi connectivity index (χ2n) is 3.07. The first-order valence-electron chi connectivity index (χ1n) is 3.77. The molecule has 1 heteroatoms. The zero-order valence-corrected chi connectivity index (χ0v) is 9.04. The first-order chi connectivity index (χ1) is 5.04. The molecule has 0 saturated carbocycles. The van der Waals surface area contributed by atoms with Gasteiger partial charge in [-0.15, -0.1) is 0 Å². The van der Waals surface area contributed by atoms with Crippen LogP contribution in [0.5, 0.6) is 0 Å². The van der Waals surface area contributed by atoms with E-state index in [0.717, 1.165) is 0 Å². The largest absolute Gasteiger partial charge is 0.0550 e. The molecule has 0 heterocycles. The van der Waals surface area contributed by atoms with Crippen LogP contribution in [0.1, 0.15) is 22.3 Å². The van der Waals surface area contributed by atoms with Crippen LogP contribution in [-0.4, -0.2) is 0 Å². The number of benzene rings is 1. The van der Waals surface area contributed by atoms with Crippen molar-refractivity contribution in [2.75, 3.05) is 0 Å². The summed E-state index contributed by atoms with van der Waals surface area (Å²) in [5.41, 5.74) is 5.46. The highest BCUT2D eigenvalue weighted by molar-refractivity contribution is 9.10. The van der Waals surface area contributed by atoms with Gasteiger partial charge in [0.25, 0.3) is 0 Å². The molecule has 0 aliphatic heterocycles. The van der Waals surface area contributed by atoms with Crippen molar-refractivity contribution in [3.05, 3.63) is 32.8 Å². The summed E-state index contributed by atoms with van der Waals surface area (Å²) in [5.74, 6) is 0. The molecule has 0 atom stereocenters. The summed E-state index contributed by atoms with van der Waals surface area (Å²) in [5, 5.41) is 0. The Labute approximate surface area is 76.8 Å². The van der Waals surface area contributed by atoms with E-state index < -0.39 is 0 Å². The van der Waals surface area contributed by atoms with E-state index in [1.807, 2.05) is 0 Å². The van der Waals surface area contributed by atoms with Crippen LogP contribution in [0.4, 0.5) is 0 Å². The van der Waals surface area contributed by atoms with Gasteiger partial charge in [-0.3, -0.25) is 0 Å². The molecular formula is C10H13Br. The van der Waals surface area contributed by atoms with Crippen LogP contribution in [0.15, 0.2) is 10.5 Å². The summed E-state index contributed by atoms with van der Waals surface area (Å²) in [7, 11) is 0. The Balaban J connectivity index is 3.46. The summed E-state index contributed by atoms with van der Waals surface area (Å²) >= 11 is 3.56. The molecule has 0 unspecified atom stereocenters. The Morgan fingerprint density at radius 3 is 2.00 bits per heavy atom. The monoisotopic (exact) mass is 212 g/mol. The molecule has 0 aromatic heterocycles. The summed E-state index contributed by atoms with van der Waals surface area (Å²) in [6.07, 6.45) is 0. The van der Waals surface area contributed by atoms with Gasteiger partial charge in [0.1, 0.15) is 0 Å². The van der Waals surface area contributed by atoms with E-state index in [4.69, 9.17) is 0 Å². The van der Waals surface area contributed by atoms with Crippen LogP contribution in [0.2, 0.25) is 0 Å². The molecule has 0 amide bonds. The maximum atomic E-state index is 3.56. The molecule has 11 heavy (non-hydrogen) atoms. The van der Waals surface area contributed by atoms with E-state index in [9.17, 15) is 0 Å². The Bertz CT molecular complexity index is 261. The highest BCUT2D eigenvalue weighted by atomic mass is 79.9. The Kier molecular flexibility index (Phi) is 2.38. The Morgan fingerprint density at radius 1 is 0.909 bits per heavy atom. The molecule has 0 bridgehead atoms. The molecular weight excluding hydrogens is 200 g/mol. The predicted octanol–water partition coefficient (Wildman–Crippen LogP) is 3.68. The van der Waals surface area contributed by atoms with Crippen molar-refractivity contribution in [2.24, 2.45) is 0 Å². The highest BCUT2D eigenvalue weighted by Crippen LogP contribution is 2.25. The van der Waals surface area contributed by atoms with Crippen molar-refractivity contribution >= 4 is 15.9 Å². The van der Waals surface area contributed by atoms with Gasteiger partial charge < -0.3 is 0 Å². The summed E-state index contributed by atoms with van der Waals surface area (Å²) in [6.45, 7) is 8.60. The molecule has 0 aliphatic carbocycles. The van der Waals surface area contributed by atoms with Gasteiger partial charge in [0.15, 0.2) is 0 Å². The number of halogens is 1. The van der Waals surface area contributed by atoms with Gasteiger partial charge in [-0.25, -0.2) is 0 Å². The number of hydrogen-bond donors (Lipinski definition) is 0. The zero-order valence-electron chi connectivity index (χ0n) is 7.46. The normalized spacial score (nSPS) is 10.3. The van der Waals surface area contributed by atoms with Gasteiger partial charge in [-0.2, -0.15) is 0 Å². The van der Waals surface area contributed by atoms with Crippen molar-refractivity contribution in [1.29, 1.82) is 0 Å². The van der Waals surface area contributed by atoms with Crippen molar-refractivity contribution < 1.29 is 0 Å². The van der Waals surface area contributed by atoms with Crippen molar-refractivity contribution in [2.45, 2.75) is 27.7 Å². The van der Waals surface area contributed by atoms with E-state index in [-0.39, 0.29) is 0 Å². The maximum absolute atomic E-state index is 3.56. The first kappa shape index (κ1) is 8.79. The number of hydrogen-bond acceptors (Lipinski definition) is 0. The molecule has 0 N–H and O–H groups in total. The fraction of sp³-hybridized carbons (Fsp3) is 0.400. The first-order valence-corrected chi connectivity index (χ1v) is 4.56. The van der Waals surface area contributed by atoms with Gasteiger partial charge in [-0.05, 0) is 49.9 Å². The molecule has 1 rings (SSSR count). The van der Waals surface area contributed by atoms with E-state index in [1.165, 1.54) is 26.7 Å². The molecule has 1 aromatic rings. The average Bonchev–Trinajstić information content (AvgIpc) is 1.97. The van der Waals surface area contributed by atoms with Crippen LogP contribution in [-0.2, 0) is 0 Å². The average molecular weight is 213 g/mol. The van der Waals surface area contributed by atoms with Crippen molar-refractivity contribution in [1.82, 2.24) is 0 Å². The van der Waals surface area contributed by atoms with Crippen LogP contribution in [0, 0.1) is 27.7 Å². The van der Waals surface area contributed by atoms with Gasteiger partial charge in [0.05, 0.1) is 0 Å². The third-order valence-corrected chi connectivity index (χ3v) is 3.48. The van der Waals surface area contributed by atoms with Gasteiger partial charge in [0.2, 0.25) is 0 Å². The second-order valence-corrected chi connectivity index (χ2v) is 3.87. The molecule has 0 saturated heterocycles. The molecule has 0 fully saturated rings. The lowest BCUT2D eigenvalue weighted by Crippen LogP contribution is -1.90. The fourth-order valence-corrected chi connectivity index (χ4v) is 1.66. The van der Waals surface area contributed by atoms with E-state index in [0.29, 0.717) is 0 Å². The SMILES string of the molecule is Cc1cc(C)c(Br)c(C)c1C. The molecule has 0 nitrogen and oxygen atoms in total. The lowest BCUT2D eigenvalue weighted by Gasteiger charge is -2.09. The van der Waals surface area contributed by atoms with Gasteiger partial charge in [0, 0.05) is 4.47 Å². The van der Waals surface area contributed by atoms with E-state index >= 15 is 0 Å². The van der Waals surface area contributed by atoms with Crippen LogP contribution in [0.3, 0.4) is 0 Å². The summed E-state index contributed by atoms with van der Waals surface area (Å²) in [6, 6.07) is 2.21. The molecule has 0 spiro atoms. The smallest absolute Gasteiger partial charge is 0.0236 e. The van der Waals surface area contributed by atoms with Crippen LogP contribution >= 0.6 is 15.9 Å². The third kappa shape index (κ3) is 1.48. The zero-order chi connectivity index (χ0) is 8.59. The standard InChI is InChI=1S/C10H13Br/c1-6-5-7(2)10(11)9(4)8(6)3/h5H,1-4H3. The van der Waals surface area contributed by atoms with E-state index in [1.54, 1.807) is 0 Å². The topological polar surface area (TPSA) is 0 Å². The minimum Gasteiger partial charge on any atom is -0.0550 e. The quantitative estimate of drug-likeness (QED) is 0.616. The summed E-state index contributed by atoms with van der Waals surface area (Å²) < 4.78 is 1.25. The molecule has 0 aliphatic rings. The van der Waals surface area contributed by atoms with E-state index in [2.05, 4.69) is 49.7 Å². The predicted molar refractivity (Wildman–Crippen MR) is 53.1 cm³/mol. The van der Waals surface area contributed by atoms with Gasteiger partial charge in [-0.1, -0.05) is 22.0 Å². The molecule has 60 valence electrons. The van der Waals surface area contributed by atoms with Crippen LogP contribution in [0.25, 0.3) is 0 Å². The lowest BCUT2D eigenvalue weighted by molar-refractivity contribution is 1.21. The van der Waals surface area contributed by atoms with Crippen molar-refractivity contribution in [3.63, 3.8) is 0 Å². The molecule has 0 radical (unpaired) electrons. The maximum Gasteiger partial charge on any atom is 0.0236 e. The van der Waals surface area contributed by atoms with Crippen molar-refractivity contribution in [3.8, 4) is 0 Å². The minimum absolute atomic E-state index is 1.25. The molecule has 1 aromatic carbocycles. The highest BCUT2D eigenvalue weighted by Gasteiger charge is 2.03. The Morgan fingerprint density at radius 2 is 1.45 bits per heavy atom. The minimum atomic E-state index is 1.25.